The summed E-state index contributed by atoms with van der Waals surface area (Å²) in [5.41, 5.74) is 1.30. The van der Waals surface area contributed by atoms with Gasteiger partial charge >= 0.3 is 0 Å². The number of nitrogens with zero attached hydrogens (tertiary/aromatic N) is 1. The molecule has 1 aliphatic heterocycles. The molecule has 0 amide bonds. The highest BCUT2D eigenvalue weighted by Gasteiger charge is 2.15. The van der Waals surface area contributed by atoms with Crippen molar-refractivity contribution in [2.75, 3.05) is 13.1 Å². The van der Waals surface area contributed by atoms with E-state index in [-0.39, 0.29) is 0 Å². The Morgan fingerprint density at radius 1 is 1.36 bits per heavy atom. The van der Waals surface area contributed by atoms with Crippen LogP contribution in [0.5, 0.6) is 0 Å². The summed E-state index contributed by atoms with van der Waals surface area (Å²) in [7, 11) is 0. The maximum Gasteiger partial charge on any atom is 0.0362 e. The van der Waals surface area contributed by atoms with Crippen LogP contribution < -0.4 is 0 Å². The van der Waals surface area contributed by atoms with Crippen LogP contribution in [0.2, 0.25) is 0 Å². The first-order valence-corrected chi connectivity index (χ1v) is 5.48. The van der Waals surface area contributed by atoms with Gasteiger partial charge in [-0.05, 0) is 37.8 Å². The molecule has 1 rings (SSSR count). The first kappa shape index (κ1) is 11.1. The Kier molecular flexibility index (Phi) is 4.51. The SMILES string of the molecule is C=C/C=C(\C=C/C)N1CCC(C)CC1. The van der Waals surface area contributed by atoms with Crippen LogP contribution in [0, 0.1) is 5.92 Å². The molecule has 1 saturated heterocycles. The van der Waals surface area contributed by atoms with Crippen LogP contribution in [0.3, 0.4) is 0 Å². The van der Waals surface area contributed by atoms with E-state index in [1.807, 2.05) is 6.08 Å². The van der Waals surface area contributed by atoms with Gasteiger partial charge in [-0.25, -0.2) is 0 Å². The summed E-state index contributed by atoms with van der Waals surface area (Å²) in [6.45, 7) is 10.5. The molecule has 0 aromatic carbocycles. The van der Waals surface area contributed by atoms with Gasteiger partial charge in [-0.2, -0.15) is 0 Å². The minimum Gasteiger partial charge on any atom is -0.372 e. The minimum atomic E-state index is 0.891. The van der Waals surface area contributed by atoms with Crippen LogP contribution in [0.15, 0.2) is 36.6 Å². The van der Waals surface area contributed by atoms with E-state index in [1.54, 1.807) is 0 Å². The Morgan fingerprint density at radius 3 is 2.50 bits per heavy atom. The highest BCUT2D eigenvalue weighted by molar-refractivity contribution is 5.21. The average Bonchev–Trinajstić information content (AvgIpc) is 2.19. The molecule has 0 radical (unpaired) electrons. The van der Waals surface area contributed by atoms with Crippen LogP contribution in [0.1, 0.15) is 26.7 Å². The van der Waals surface area contributed by atoms with Crippen LogP contribution in [-0.2, 0) is 0 Å². The average molecular weight is 191 g/mol. The minimum absolute atomic E-state index is 0.891. The van der Waals surface area contributed by atoms with E-state index in [0.29, 0.717) is 0 Å². The van der Waals surface area contributed by atoms with Gasteiger partial charge in [0.2, 0.25) is 0 Å². The molecule has 0 bridgehead atoms. The summed E-state index contributed by atoms with van der Waals surface area (Å²) in [4.78, 5) is 2.45. The highest BCUT2D eigenvalue weighted by atomic mass is 15.1. The molecule has 1 heteroatoms. The number of allylic oxidation sites excluding steroid dienone is 4. The summed E-state index contributed by atoms with van der Waals surface area (Å²) < 4.78 is 0. The molecular weight excluding hydrogens is 170 g/mol. The molecule has 0 aliphatic carbocycles. The Bertz CT molecular complexity index is 230. The lowest BCUT2D eigenvalue weighted by Gasteiger charge is -2.32. The fourth-order valence-corrected chi connectivity index (χ4v) is 1.82. The monoisotopic (exact) mass is 191 g/mol. The van der Waals surface area contributed by atoms with Crippen molar-refractivity contribution < 1.29 is 0 Å². The lowest BCUT2D eigenvalue weighted by atomic mass is 9.99. The van der Waals surface area contributed by atoms with Crippen molar-refractivity contribution in [3.05, 3.63) is 36.6 Å². The van der Waals surface area contributed by atoms with E-state index in [4.69, 9.17) is 0 Å². The number of piperidine rings is 1. The zero-order valence-corrected chi connectivity index (χ0v) is 9.37. The molecule has 0 unspecified atom stereocenters. The Balaban J connectivity index is 2.61. The summed E-state index contributed by atoms with van der Waals surface area (Å²) in [6.07, 6.45) is 10.8. The molecule has 1 nitrogen and oxygen atoms in total. The van der Waals surface area contributed by atoms with Crippen molar-refractivity contribution >= 4 is 0 Å². The van der Waals surface area contributed by atoms with Crippen LogP contribution in [0.25, 0.3) is 0 Å². The maximum absolute atomic E-state index is 3.76. The summed E-state index contributed by atoms with van der Waals surface area (Å²) in [5.74, 6) is 0.891. The lowest BCUT2D eigenvalue weighted by molar-refractivity contribution is 0.243. The zero-order valence-electron chi connectivity index (χ0n) is 9.37. The quantitative estimate of drug-likeness (QED) is 0.618. The van der Waals surface area contributed by atoms with Gasteiger partial charge in [0.05, 0.1) is 0 Å². The third-order valence-corrected chi connectivity index (χ3v) is 2.77. The van der Waals surface area contributed by atoms with Crippen molar-refractivity contribution in [2.45, 2.75) is 26.7 Å². The third-order valence-electron chi connectivity index (χ3n) is 2.77. The van der Waals surface area contributed by atoms with E-state index < -0.39 is 0 Å². The maximum atomic E-state index is 3.76. The molecule has 1 aliphatic rings. The van der Waals surface area contributed by atoms with Crippen molar-refractivity contribution in [1.82, 2.24) is 4.90 Å². The van der Waals surface area contributed by atoms with E-state index in [1.165, 1.54) is 31.6 Å². The Hall–Kier alpha value is -0.980. The molecule has 1 heterocycles. The topological polar surface area (TPSA) is 3.24 Å². The van der Waals surface area contributed by atoms with Crippen molar-refractivity contribution in [3.8, 4) is 0 Å². The van der Waals surface area contributed by atoms with Gasteiger partial charge in [-0.15, -0.1) is 0 Å². The predicted octanol–water partition coefficient (Wildman–Crippen LogP) is 3.36. The zero-order chi connectivity index (χ0) is 10.4. The Morgan fingerprint density at radius 2 is 2.00 bits per heavy atom. The fourth-order valence-electron chi connectivity index (χ4n) is 1.82. The normalized spacial score (nSPS) is 20.4. The number of rotatable bonds is 3. The molecule has 0 aromatic rings. The summed E-state index contributed by atoms with van der Waals surface area (Å²) >= 11 is 0. The molecule has 0 spiro atoms. The van der Waals surface area contributed by atoms with E-state index in [0.717, 1.165) is 5.92 Å². The van der Waals surface area contributed by atoms with Gasteiger partial charge in [0.1, 0.15) is 0 Å². The number of hydrogen-bond acceptors (Lipinski definition) is 1. The van der Waals surface area contributed by atoms with Gasteiger partial charge < -0.3 is 4.90 Å². The molecule has 0 saturated carbocycles. The van der Waals surface area contributed by atoms with E-state index in [9.17, 15) is 0 Å². The van der Waals surface area contributed by atoms with E-state index >= 15 is 0 Å². The molecule has 0 atom stereocenters. The van der Waals surface area contributed by atoms with Crippen molar-refractivity contribution in [3.63, 3.8) is 0 Å². The van der Waals surface area contributed by atoms with Gasteiger partial charge in [-0.3, -0.25) is 0 Å². The largest absolute Gasteiger partial charge is 0.372 e. The van der Waals surface area contributed by atoms with Crippen LogP contribution >= 0.6 is 0 Å². The summed E-state index contributed by atoms with van der Waals surface area (Å²) in [6, 6.07) is 0. The first-order chi connectivity index (χ1) is 6.77. The Labute approximate surface area is 87.8 Å². The van der Waals surface area contributed by atoms with Crippen LogP contribution in [-0.4, -0.2) is 18.0 Å². The second-order valence-corrected chi connectivity index (χ2v) is 4.00. The molecular formula is C13H21N. The van der Waals surface area contributed by atoms with Gasteiger partial charge in [0.15, 0.2) is 0 Å². The van der Waals surface area contributed by atoms with Gasteiger partial charge in [-0.1, -0.05) is 25.7 Å². The highest BCUT2D eigenvalue weighted by Crippen LogP contribution is 2.20. The first-order valence-electron chi connectivity index (χ1n) is 5.48. The molecule has 78 valence electrons. The molecule has 0 aromatic heterocycles. The summed E-state index contributed by atoms with van der Waals surface area (Å²) in [5, 5.41) is 0. The number of likely N-dealkylation sites (tertiary alicyclic amines) is 1. The fraction of sp³-hybridized carbons (Fsp3) is 0.538. The van der Waals surface area contributed by atoms with Crippen molar-refractivity contribution in [2.24, 2.45) is 5.92 Å². The predicted molar refractivity (Wildman–Crippen MR) is 63.1 cm³/mol. The second kappa shape index (κ2) is 5.69. The van der Waals surface area contributed by atoms with Crippen LogP contribution in [0.4, 0.5) is 0 Å². The molecule has 1 fully saturated rings. The molecule has 0 N–H and O–H groups in total. The van der Waals surface area contributed by atoms with E-state index in [2.05, 4.69) is 43.6 Å². The second-order valence-electron chi connectivity index (χ2n) is 4.00. The van der Waals surface area contributed by atoms with Crippen molar-refractivity contribution in [1.29, 1.82) is 0 Å². The lowest BCUT2D eigenvalue weighted by Crippen LogP contribution is -2.31. The van der Waals surface area contributed by atoms with Gasteiger partial charge in [0.25, 0.3) is 0 Å². The number of hydrogen-bond donors (Lipinski definition) is 0. The standard InChI is InChI=1S/C13H21N/c1-4-6-13(7-5-2)14-10-8-12(3)9-11-14/h4-7,12H,1,8-11H2,2-3H3/b7-5-,13-6+. The molecule has 14 heavy (non-hydrogen) atoms. The van der Waals surface area contributed by atoms with Gasteiger partial charge in [0, 0.05) is 18.8 Å². The smallest absolute Gasteiger partial charge is 0.0362 e. The third kappa shape index (κ3) is 3.06.